The molecule has 2 N–H and O–H groups in total. The van der Waals surface area contributed by atoms with E-state index in [4.69, 9.17) is 15.2 Å². The molecule has 0 bridgehead atoms. The van der Waals surface area contributed by atoms with E-state index in [1.54, 1.807) is 0 Å². The summed E-state index contributed by atoms with van der Waals surface area (Å²) in [5.41, 5.74) is 8.58. The minimum absolute atomic E-state index is 0.0210. The van der Waals surface area contributed by atoms with Crippen molar-refractivity contribution in [3.63, 3.8) is 0 Å². The van der Waals surface area contributed by atoms with Crippen molar-refractivity contribution in [3.05, 3.63) is 35.4 Å². The highest BCUT2D eigenvalue weighted by Gasteiger charge is 2.20. The average molecular weight is 251 g/mol. The largest absolute Gasteiger partial charge is 0.379 e. The van der Waals surface area contributed by atoms with E-state index in [2.05, 4.69) is 26.0 Å². The first-order chi connectivity index (χ1) is 8.70. The Morgan fingerprint density at radius 1 is 1.17 bits per heavy atom. The van der Waals surface area contributed by atoms with Crippen molar-refractivity contribution in [3.8, 4) is 0 Å². The molecule has 0 spiro atoms. The van der Waals surface area contributed by atoms with Crippen LogP contribution in [0.5, 0.6) is 0 Å². The normalized spacial score (nSPS) is 14.4. The van der Waals surface area contributed by atoms with Crippen LogP contribution in [0.15, 0.2) is 24.3 Å². The van der Waals surface area contributed by atoms with E-state index in [0.717, 1.165) is 13.0 Å². The topological polar surface area (TPSA) is 44.5 Å². The van der Waals surface area contributed by atoms with Gasteiger partial charge in [0.15, 0.2) is 0 Å². The number of rotatable bonds is 8. The summed E-state index contributed by atoms with van der Waals surface area (Å²) >= 11 is 0. The molecule has 0 radical (unpaired) electrons. The molecule has 0 saturated carbocycles. The van der Waals surface area contributed by atoms with Gasteiger partial charge in [-0.25, -0.2) is 0 Å². The van der Waals surface area contributed by atoms with Gasteiger partial charge in [-0.15, -0.1) is 0 Å². The standard InChI is InChI=1S/C15H25NO2/c1-4-14(16)15(18-11-10-17-5-2)13-9-7-6-8-12(13)3/h6-9,14-15H,4-5,10-11,16H2,1-3H3. The number of hydrogen-bond donors (Lipinski definition) is 1. The minimum Gasteiger partial charge on any atom is -0.379 e. The van der Waals surface area contributed by atoms with Gasteiger partial charge >= 0.3 is 0 Å². The zero-order valence-corrected chi connectivity index (χ0v) is 11.7. The molecule has 0 aliphatic carbocycles. The highest BCUT2D eigenvalue weighted by Crippen LogP contribution is 2.24. The maximum atomic E-state index is 6.17. The van der Waals surface area contributed by atoms with Crippen LogP contribution in [0.2, 0.25) is 0 Å². The summed E-state index contributed by atoms with van der Waals surface area (Å²) in [7, 11) is 0. The van der Waals surface area contributed by atoms with Crippen LogP contribution in [0.1, 0.15) is 37.5 Å². The molecule has 0 fully saturated rings. The van der Waals surface area contributed by atoms with Crippen LogP contribution in [-0.4, -0.2) is 25.9 Å². The van der Waals surface area contributed by atoms with Crippen molar-refractivity contribution in [2.45, 2.75) is 39.3 Å². The minimum atomic E-state index is -0.0448. The van der Waals surface area contributed by atoms with Gasteiger partial charge in [-0.1, -0.05) is 31.2 Å². The molecule has 0 heterocycles. The third kappa shape index (κ3) is 4.41. The molecule has 1 aromatic carbocycles. The Bertz CT molecular complexity index is 341. The average Bonchev–Trinajstić information content (AvgIpc) is 2.39. The summed E-state index contributed by atoms with van der Waals surface area (Å²) in [6.07, 6.45) is 0.852. The lowest BCUT2D eigenvalue weighted by atomic mass is 9.97. The lowest BCUT2D eigenvalue weighted by Crippen LogP contribution is -2.31. The van der Waals surface area contributed by atoms with E-state index in [0.29, 0.717) is 13.2 Å². The quantitative estimate of drug-likeness (QED) is 0.723. The molecule has 1 aromatic rings. The maximum Gasteiger partial charge on any atom is 0.0979 e. The first-order valence-corrected chi connectivity index (χ1v) is 6.71. The highest BCUT2D eigenvalue weighted by atomic mass is 16.5. The van der Waals surface area contributed by atoms with Crippen molar-refractivity contribution < 1.29 is 9.47 Å². The van der Waals surface area contributed by atoms with Gasteiger partial charge in [0.1, 0.15) is 0 Å². The summed E-state index contributed by atoms with van der Waals surface area (Å²) in [6.45, 7) is 8.09. The van der Waals surface area contributed by atoms with Crippen molar-refractivity contribution in [1.82, 2.24) is 0 Å². The second-order valence-corrected chi connectivity index (χ2v) is 4.42. The van der Waals surface area contributed by atoms with Crippen LogP contribution in [-0.2, 0) is 9.47 Å². The van der Waals surface area contributed by atoms with E-state index >= 15 is 0 Å². The molecular formula is C15H25NO2. The molecule has 102 valence electrons. The number of benzene rings is 1. The van der Waals surface area contributed by atoms with Gasteiger partial charge < -0.3 is 15.2 Å². The summed E-state index contributed by atoms with van der Waals surface area (Å²) < 4.78 is 11.2. The van der Waals surface area contributed by atoms with Gasteiger partial charge in [-0.2, -0.15) is 0 Å². The van der Waals surface area contributed by atoms with Crippen molar-refractivity contribution in [2.24, 2.45) is 5.73 Å². The lowest BCUT2D eigenvalue weighted by molar-refractivity contribution is -0.00575. The molecule has 0 aliphatic heterocycles. The van der Waals surface area contributed by atoms with Crippen molar-refractivity contribution >= 4 is 0 Å². The van der Waals surface area contributed by atoms with Gasteiger partial charge in [-0.3, -0.25) is 0 Å². The number of aryl methyl sites for hydroxylation is 1. The molecule has 2 atom stereocenters. The predicted molar refractivity (Wildman–Crippen MR) is 74.6 cm³/mol. The molecule has 3 nitrogen and oxygen atoms in total. The molecule has 0 amide bonds. The Balaban J connectivity index is 2.69. The second kappa shape index (κ2) is 8.25. The Kier molecular flexibility index (Phi) is 6.94. The monoisotopic (exact) mass is 251 g/mol. The number of hydrogen-bond acceptors (Lipinski definition) is 3. The first kappa shape index (κ1) is 15.2. The fourth-order valence-corrected chi connectivity index (χ4v) is 1.94. The third-order valence-corrected chi connectivity index (χ3v) is 3.08. The van der Waals surface area contributed by atoms with Gasteiger partial charge in [0.25, 0.3) is 0 Å². The molecule has 18 heavy (non-hydrogen) atoms. The molecule has 2 unspecified atom stereocenters. The van der Waals surface area contributed by atoms with E-state index in [1.165, 1.54) is 11.1 Å². The summed E-state index contributed by atoms with van der Waals surface area (Å²) in [5.74, 6) is 0. The molecule has 0 aromatic heterocycles. The highest BCUT2D eigenvalue weighted by molar-refractivity contribution is 5.28. The summed E-state index contributed by atoms with van der Waals surface area (Å²) in [5, 5.41) is 0. The van der Waals surface area contributed by atoms with Crippen LogP contribution < -0.4 is 5.73 Å². The summed E-state index contributed by atoms with van der Waals surface area (Å²) in [6, 6.07) is 8.27. The van der Waals surface area contributed by atoms with Crippen molar-refractivity contribution in [1.29, 1.82) is 0 Å². The Hall–Kier alpha value is -0.900. The van der Waals surface area contributed by atoms with Gasteiger partial charge in [-0.05, 0) is 31.4 Å². The SMILES string of the molecule is CCOCCOC(c1ccccc1C)C(N)CC. The fraction of sp³-hybridized carbons (Fsp3) is 0.600. The van der Waals surface area contributed by atoms with E-state index in [1.807, 2.05) is 19.1 Å². The van der Waals surface area contributed by atoms with E-state index < -0.39 is 0 Å². The third-order valence-electron chi connectivity index (χ3n) is 3.08. The molecule has 1 rings (SSSR count). The molecular weight excluding hydrogens is 226 g/mol. The smallest absolute Gasteiger partial charge is 0.0979 e. The van der Waals surface area contributed by atoms with Crippen molar-refractivity contribution in [2.75, 3.05) is 19.8 Å². The van der Waals surface area contributed by atoms with Gasteiger partial charge in [0, 0.05) is 12.6 Å². The fourth-order valence-electron chi connectivity index (χ4n) is 1.94. The van der Waals surface area contributed by atoms with Crippen LogP contribution in [0, 0.1) is 6.92 Å². The zero-order valence-electron chi connectivity index (χ0n) is 11.7. The number of ether oxygens (including phenoxy) is 2. The second-order valence-electron chi connectivity index (χ2n) is 4.42. The van der Waals surface area contributed by atoms with Gasteiger partial charge in [0.05, 0.1) is 19.3 Å². The maximum absolute atomic E-state index is 6.17. The van der Waals surface area contributed by atoms with E-state index in [9.17, 15) is 0 Å². The van der Waals surface area contributed by atoms with E-state index in [-0.39, 0.29) is 12.1 Å². The number of nitrogens with two attached hydrogens (primary N) is 1. The van der Waals surface area contributed by atoms with Crippen LogP contribution in [0.4, 0.5) is 0 Å². The van der Waals surface area contributed by atoms with Crippen LogP contribution in [0.3, 0.4) is 0 Å². The lowest BCUT2D eigenvalue weighted by Gasteiger charge is -2.25. The summed E-state index contributed by atoms with van der Waals surface area (Å²) in [4.78, 5) is 0. The van der Waals surface area contributed by atoms with Crippen LogP contribution in [0.25, 0.3) is 0 Å². The zero-order chi connectivity index (χ0) is 13.4. The Morgan fingerprint density at radius 3 is 2.50 bits per heavy atom. The molecule has 3 heteroatoms. The molecule has 0 saturated heterocycles. The predicted octanol–water partition coefficient (Wildman–Crippen LogP) is 2.83. The first-order valence-electron chi connectivity index (χ1n) is 6.71. The van der Waals surface area contributed by atoms with Crippen LogP contribution >= 0.6 is 0 Å². The Morgan fingerprint density at radius 2 is 1.89 bits per heavy atom. The van der Waals surface area contributed by atoms with Gasteiger partial charge in [0.2, 0.25) is 0 Å². The Labute approximate surface area is 110 Å². The molecule has 0 aliphatic rings.